The lowest BCUT2D eigenvalue weighted by Gasteiger charge is -2.12. The van der Waals surface area contributed by atoms with Crippen LogP contribution >= 0.6 is 0 Å². The summed E-state index contributed by atoms with van der Waals surface area (Å²) in [7, 11) is 1.27. The number of ether oxygens (including phenoxy) is 3. The number of amides is 2. The minimum Gasteiger partial charge on any atom is -0.493 e. The predicted molar refractivity (Wildman–Crippen MR) is 88.6 cm³/mol. The summed E-state index contributed by atoms with van der Waals surface area (Å²) in [4.78, 5) is 23.8. The second kappa shape index (κ2) is 9.91. The summed E-state index contributed by atoms with van der Waals surface area (Å²) >= 11 is 0. The Morgan fingerprint density at radius 2 is 2.12 bits per heavy atom. The van der Waals surface area contributed by atoms with Gasteiger partial charge in [0.25, 0.3) is 5.91 Å². The molecule has 0 spiro atoms. The summed E-state index contributed by atoms with van der Waals surface area (Å²) in [5, 5.41) is 5.17. The molecule has 0 aromatic heterocycles. The van der Waals surface area contributed by atoms with Crippen LogP contribution in [0.1, 0.15) is 29.6 Å². The number of halogens is 2. The quantitative estimate of drug-likeness (QED) is 0.689. The molecule has 0 saturated carbocycles. The van der Waals surface area contributed by atoms with Gasteiger partial charge in [-0.05, 0) is 37.5 Å². The van der Waals surface area contributed by atoms with E-state index in [0.29, 0.717) is 6.54 Å². The van der Waals surface area contributed by atoms with Crippen LogP contribution in [0, 0.1) is 0 Å². The average Bonchev–Trinajstić information content (AvgIpc) is 3.13. The van der Waals surface area contributed by atoms with Crippen LogP contribution in [0.4, 0.5) is 8.78 Å². The van der Waals surface area contributed by atoms with Crippen molar-refractivity contribution in [2.45, 2.75) is 32.0 Å². The van der Waals surface area contributed by atoms with Crippen molar-refractivity contribution in [2.75, 3.05) is 26.8 Å². The molecule has 1 aromatic rings. The zero-order valence-electron chi connectivity index (χ0n) is 14.4. The summed E-state index contributed by atoms with van der Waals surface area (Å²) in [5.74, 6) is -1.02. The first-order valence-corrected chi connectivity index (χ1v) is 8.29. The molecule has 1 heterocycles. The molecule has 2 N–H and O–H groups in total. The van der Waals surface area contributed by atoms with Crippen LogP contribution < -0.4 is 20.1 Å². The SMILES string of the molecule is COc1cc(C(=O)NCC(=O)NCCC2CCCO2)ccc1OC(F)F. The van der Waals surface area contributed by atoms with E-state index in [2.05, 4.69) is 15.4 Å². The van der Waals surface area contributed by atoms with E-state index < -0.39 is 12.5 Å². The molecule has 2 amide bonds. The summed E-state index contributed by atoms with van der Waals surface area (Å²) in [6, 6.07) is 3.79. The van der Waals surface area contributed by atoms with Gasteiger partial charge in [-0.3, -0.25) is 9.59 Å². The van der Waals surface area contributed by atoms with E-state index >= 15 is 0 Å². The van der Waals surface area contributed by atoms with Gasteiger partial charge in [0.15, 0.2) is 11.5 Å². The number of hydrogen-bond acceptors (Lipinski definition) is 5. The van der Waals surface area contributed by atoms with E-state index in [9.17, 15) is 18.4 Å². The second-order valence-electron chi connectivity index (χ2n) is 5.70. The fraction of sp³-hybridized carbons (Fsp3) is 0.529. The van der Waals surface area contributed by atoms with Gasteiger partial charge in [0.1, 0.15) is 0 Å². The van der Waals surface area contributed by atoms with E-state index in [1.165, 1.54) is 25.3 Å². The summed E-state index contributed by atoms with van der Waals surface area (Å²) in [6.45, 7) is -1.95. The maximum Gasteiger partial charge on any atom is 0.387 e. The van der Waals surface area contributed by atoms with Crippen molar-refractivity contribution < 1.29 is 32.6 Å². The first kappa shape index (κ1) is 19.9. The maximum atomic E-state index is 12.3. The molecule has 2 rings (SSSR count). The third-order valence-corrected chi connectivity index (χ3v) is 3.86. The van der Waals surface area contributed by atoms with Gasteiger partial charge in [-0.25, -0.2) is 0 Å². The van der Waals surface area contributed by atoms with Gasteiger partial charge >= 0.3 is 6.61 Å². The van der Waals surface area contributed by atoms with Crippen molar-refractivity contribution in [1.82, 2.24) is 10.6 Å². The van der Waals surface area contributed by atoms with Crippen molar-refractivity contribution in [2.24, 2.45) is 0 Å². The monoisotopic (exact) mass is 372 g/mol. The van der Waals surface area contributed by atoms with Crippen LogP contribution in [0.5, 0.6) is 11.5 Å². The molecule has 0 bridgehead atoms. The van der Waals surface area contributed by atoms with Crippen molar-refractivity contribution in [3.05, 3.63) is 23.8 Å². The Kier molecular flexibility index (Phi) is 7.58. The highest BCUT2D eigenvalue weighted by Gasteiger charge is 2.16. The highest BCUT2D eigenvalue weighted by atomic mass is 19.3. The predicted octanol–water partition coefficient (Wildman–Crippen LogP) is 1.71. The van der Waals surface area contributed by atoms with Gasteiger partial charge in [-0.2, -0.15) is 8.78 Å². The van der Waals surface area contributed by atoms with Crippen LogP contribution in [0.25, 0.3) is 0 Å². The Morgan fingerprint density at radius 3 is 2.77 bits per heavy atom. The molecule has 1 fully saturated rings. The Hall–Kier alpha value is -2.42. The number of benzene rings is 1. The number of methoxy groups -OCH3 is 1. The van der Waals surface area contributed by atoms with E-state index in [1.807, 2.05) is 0 Å². The van der Waals surface area contributed by atoms with Crippen LogP contribution in [0.3, 0.4) is 0 Å². The fourth-order valence-electron chi connectivity index (χ4n) is 2.57. The lowest BCUT2D eigenvalue weighted by molar-refractivity contribution is -0.120. The minimum absolute atomic E-state index is 0.000958. The van der Waals surface area contributed by atoms with Crippen LogP contribution in [0.2, 0.25) is 0 Å². The maximum absolute atomic E-state index is 12.3. The van der Waals surface area contributed by atoms with Gasteiger partial charge in [0.2, 0.25) is 5.91 Å². The molecule has 1 unspecified atom stereocenters. The number of alkyl halides is 2. The number of hydrogen-bond donors (Lipinski definition) is 2. The third-order valence-electron chi connectivity index (χ3n) is 3.86. The molecule has 1 atom stereocenters. The highest BCUT2D eigenvalue weighted by molar-refractivity contribution is 5.97. The zero-order chi connectivity index (χ0) is 18.9. The van der Waals surface area contributed by atoms with Gasteiger partial charge in [0, 0.05) is 18.7 Å². The van der Waals surface area contributed by atoms with Gasteiger partial charge < -0.3 is 24.8 Å². The highest BCUT2D eigenvalue weighted by Crippen LogP contribution is 2.29. The van der Waals surface area contributed by atoms with Crippen molar-refractivity contribution in [3.8, 4) is 11.5 Å². The topological polar surface area (TPSA) is 85.9 Å². The van der Waals surface area contributed by atoms with E-state index in [4.69, 9.17) is 9.47 Å². The van der Waals surface area contributed by atoms with Gasteiger partial charge in [0.05, 0.1) is 19.8 Å². The molecule has 1 aliphatic rings. The van der Waals surface area contributed by atoms with Crippen molar-refractivity contribution in [1.29, 1.82) is 0 Å². The van der Waals surface area contributed by atoms with Crippen molar-refractivity contribution in [3.63, 3.8) is 0 Å². The lowest BCUT2D eigenvalue weighted by atomic mass is 10.2. The molecule has 26 heavy (non-hydrogen) atoms. The Bertz CT molecular complexity index is 621. The summed E-state index contributed by atoms with van der Waals surface area (Å²) in [6.07, 6.45) is 2.97. The molecular formula is C17H22F2N2O5. The minimum atomic E-state index is -3.00. The molecule has 7 nitrogen and oxygen atoms in total. The Balaban J connectivity index is 1.78. The first-order chi connectivity index (χ1) is 12.5. The number of nitrogens with one attached hydrogen (secondary N) is 2. The van der Waals surface area contributed by atoms with E-state index in [-0.39, 0.29) is 35.6 Å². The van der Waals surface area contributed by atoms with E-state index in [1.54, 1.807) is 0 Å². The fourth-order valence-corrected chi connectivity index (χ4v) is 2.57. The third kappa shape index (κ3) is 6.14. The summed E-state index contributed by atoms with van der Waals surface area (Å²) < 4.78 is 39.3. The smallest absolute Gasteiger partial charge is 0.387 e. The normalized spacial score (nSPS) is 16.4. The number of rotatable bonds is 9. The van der Waals surface area contributed by atoms with Crippen molar-refractivity contribution >= 4 is 11.8 Å². The summed E-state index contributed by atoms with van der Waals surface area (Å²) in [5.41, 5.74) is 0.163. The van der Waals surface area contributed by atoms with E-state index in [0.717, 1.165) is 25.9 Å². The molecule has 9 heteroatoms. The average molecular weight is 372 g/mol. The first-order valence-electron chi connectivity index (χ1n) is 8.29. The number of carbonyl (C=O) groups is 2. The zero-order valence-corrected chi connectivity index (χ0v) is 14.4. The van der Waals surface area contributed by atoms with Gasteiger partial charge in [-0.15, -0.1) is 0 Å². The van der Waals surface area contributed by atoms with Crippen LogP contribution in [-0.2, 0) is 9.53 Å². The molecular weight excluding hydrogens is 350 g/mol. The number of carbonyl (C=O) groups excluding carboxylic acids is 2. The molecule has 1 aromatic carbocycles. The molecule has 0 radical (unpaired) electrons. The molecule has 1 aliphatic heterocycles. The van der Waals surface area contributed by atoms with Crippen LogP contribution in [-0.4, -0.2) is 51.3 Å². The molecule has 144 valence electrons. The van der Waals surface area contributed by atoms with Crippen LogP contribution in [0.15, 0.2) is 18.2 Å². The second-order valence-corrected chi connectivity index (χ2v) is 5.70. The largest absolute Gasteiger partial charge is 0.493 e. The van der Waals surface area contributed by atoms with Gasteiger partial charge in [-0.1, -0.05) is 0 Å². The molecule has 1 saturated heterocycles. The Morgan fingerprint density at radius 1 is 1.31 bits per heavy atom. The Labute approximate surface area is 150 Å². The molecule has 0 aliphatic carbocycles. The lowest BCUT2D eigenvalue weighted by Crippen LogP contribution is -2.37. The standard InChI is InChI=1S/C17H22F2N2O5/c1-24-14-9-11(4-5-13(14)26-17(18)19)16(23)21-10-15(22)20-7-6-12-3-2-8-25-12/h4-5,9,12,17H,2-3,6-8,10H2,1H3,(H,20,22)(H,21,23).